The molecule has 0 saturated heterocycles. The molecule has 0 spiro atoms. The normalized spacial score (nSPS) is 30.1. The molecule has 0 atom stereocenters. The lowest BCUT2D eigenvalue weighted by atomic mass is 9.58. The van der Waals surface area contributed by atoms with Crippen LogP contribution in [0.5, 0.6) is 0 Å². The molecule has 1 aromatic carbocycles. The van der Waals surface area contributed by atoms with Crippen molar-refractivity contribution in [3.63, 3.8) is 0 Å². The van der Waals surface area contributed by atoms with Gasteiger partial charge in [-0.05, 0) is 60.6 Å². The highest BCUT2D eigenvalue weighted by atomic mass is 19.1. The van der Waals surface area contributed by atoms with Crippen LogP contribution in [-0.4, -0.2) is 0 Å². The molecular weight excluding hydrogens is 247 g/mol. The molecule has 2 aliphatic carbocycles. The Kier molecular flexibility index (Phi) is 4.14. The molecule has 1 aromatic rings. The van der Waals surface area contributed by atoms with Gasteiger partial charge in [-0.3, -0.25) is 0 Å². The molecule has 2 fully saturated rings. The molecule has 0 heterocycles. The largest absolute Gasteiger partial charge is 0.207 e. The maximum absolute atomic E-state index is 13.7. The standard InChI is InChI=1S/C19H27F/c1-15-8-10-16(11-9-15)19(12-3-2-4-13-19)17-6-5-7-18(20)14-17/h5-7,14-16H,2-4,8-13H2,1H3. The van der Waals surface area contributed by atoms with Gasteiger partial charge in [0.25, 0.3) is 0 Å². The zero-order chi connectivity index (χ0) is 14.0. The first kappa shape index (κ1) is 14.1. The van der Waals surface area contributed by atoms with Crippen molar-refractivity contribution in [2.24, 2.45) is 11.8 Å². The van der Waals surface area contributed by atoms with Gasteiger partial charge in [0.2, 0.25) is 0 Å². The zero-order valence-electron chi connectivity index (χ0n) is 12.7. The Morgan fingerprint density at radius 1 is 1.00 bits per heavy atom. The fraction of sp³-hybridized carbons (Fsp3) is 0.684. The molecule has 20 heavy (non-hydrogen) atoms. The molecule has 1 heteroatoms. The van der Waals surface area contributed by atoms with E-state index in [1.807, 2.05) is 12.1 Å². The van der Waals surface area contributed by atoms with Crippen molar-refractivity contribution in [3.05, 3.63) is 35.6 Å². The van der Waals surface area contributed by atoms with Crippen LogP contribution in [0, 0.1) is 17.7 Å². The SMILES string of the molecule is CC1CCC(C2(c3cccc(F)c3)CCCCC2)CC1. The summed E-state index contributed by atoms with van der Waals surface area (Å²) in [5, 5.41) is 0. The Labute approximate surface area is 122 Å². The summed E-state index contributed by atoms with van der Waals surface area (Å²) >= 11 is 0. The molecule has 0 aliphatic heterocycles. The smallest absolute Gasteiger partial charge is 0.123 e. The van der Waals surface area contributed by atoms with E-state index in [0.29, 0.717) is 0 Å². The average molecular weight is 274 g/mol. The first-order valence-electron chi connectivity index (χ1n) is 8.47. The lowest BCUT2D eigenvalue weighted by molar-refractivity contribution is 0.131. The van der Waals surface area contributed by atoms with Crippen LogP contribution in [-0.2, 0) is 5.41 Å². The van der Waals surface area contributed by atoms with Gasteiger partial charge >= 0.3 is 0 Å². The van der Waals surface area contributed by atoms with Crippen LogP contribution < -0.4 is 0 Å². The van der Waals surface area contributed by atoms with E-state index < -0.39 is 0 Å². The average Bonchev–Trinajstić information content (AvgIpc) is 2.49. The van der Waals surface area contributed by atoms with Crippen LogP contribution in [0.1, 0.15) is 70.3 Å². The number of halogens is 1. The molecule has 0 nitrogen and oxygen atoms in total. The third kappa shape index (κ3) is 2.64. The highest BCUT2D eigenvalue weighted by Gasteiger charge is 2.42. The summed E-state index contributed by atoms with van der Waals surface area (Å²) in [6.45, 7) is 2.38. The number of rotatable bonds is 2. The van der Waals surface area contributed by atoms with E-state index in [-0.39, 0.29) is 11.2 Å². The second kappa shape index (κ2) is 5.87. The van der Waals surface area contributed by atoms with E-state index in [2.05, 4.69) is 13.0 Å². The van der Waals surface area contributed by atoms with Crippen LogP contribution in [0.25, 0.3) is 0 Å². The third-order valence-corrected chi connectivity index (χ3v) is 5.94. The Morgan fingerprint density at radius 3 is 2.35 bits per heavy atom. The molecule has 0 bridgehead atoms. The summed E-state index contributed by atoms with van der Waals surface area (Å²) in [6, 6.07) is 7.51. The second-order valence-electron chi connectivity index (χ2n) is 7.18. The summed E-state index contributed by atoms with van der Waals surface area (Å²) in [5.41, 5.74) is 1.57. The Balaban J connectivity index is 1.92. The maximum atomic E-state index is 13.7. The van der Waals surface area contributed by atoms with Crippen LogP contribution in [0.3, 0.4) is 0 Å². The summed E-state index contributed by atoms with van der Waals surface area (Å²) in [7, 11) is 0. The van der Waals surface area contributed by atoms with Gasteiger partial charge in [0.05, 0.1) is 0 Å². The third-order valence-electron chi connectivity index (χ3n) is 5.94. The van der Waals surface area contributed by atoms with E-state index in [9.17, 15) is 4.39 Å². The topological polar surface area (TPSA) is 0 Å². The van der Waals surface area contributed by atoms with Gasteiger partial charge in [-0.25, -0.2) is 4.39 Å². The summed E-state index contributed by atoms with van der Waals surface area (Å²) in [4.78, 5) is 0. The molecule has 0 unspecified atom stereocenters. The minimum absolute atomic E-state index is 0.0587. The molecule has 0 amide bonds. The molecule has 2 aliphatic rings. The molecule has 0 aromatic heterocycles. The van der Waals surface area contributed by atoms with Crippen LogP contribution >= 0.6 is 0 Å². The lowest BCUT2D eigenvalue weighted by Gasteiger charge is -2.47. The predicted molar refractivity (Wildman–Crippen MR) is 82.3 cm³/mol. The zero-order valence-corrected chi connectivity index (χ0v) is 12.7. The first-order chi connectivity index (χ1) is 9.71. The van der Waals surface area contributed by atoms with Gasteiger partial charge in [0.15, 0.2) is 0 Å². The molecule has 2 saturated carbocycles. The quantitative estimate of drug-likeness (QED) is 0.634. The molecule has 0 N–H and O–H groups in total. The highest BCUT2D eigenvalue weighted by Crippen LogP contribution is 2.50. The molecule has 110 valence electrons. The van der Waals surface area contributed by atoms with Crippen LogP contribution in [0.2, 0.25) is 0 Å². The van der Waals surface area contributed by atoms with Crippen molar-refractivity contribution in [2.75, 3.05) is 0 Å². The maximum Gasteiger partial charge on any atom is 0.123 e. The van der Waals surface area contributed by atoms with E-state index in [4.69, 9.17) is 0 Å². The molecule has 0 radical (unpaired) electrons. The van der Waals surface area contributed by atoms with Crippen molar-refractivity contribution in [2.45, 2.75) is 70.1 Å². The van der Waals surface area contributed by atoms with Crippen molar-refractivity contribution >= 4 is 0 Å². The first-order valence-corrected chi connectivity index (χ1v) is 8.47. The highest BCUT2D eigenvalue weighted by molar-refractivity contribution is 5.28. The minimum Gasteiger partial charge on any atom is -0.207 e. The van der Waals surface area contributed by atoms with E-state index >= 15 is 0 Å². The fourth-order valence-electron chi connectivity index (χ4n) is 4.73. The number of hydrogen-bond acceptors (Lipinski definition) is 0. The van der Waals surface area contributed by atoms with Crippen LogP contribution in [0.15, 0.2) is 24.3 Å². The Hall–Kier alpha value is -0.850. The molecular formula is C19H27F. The summed E-state index contributed by atoms with van der Waals surface area (Å²) in [6.07, 6.45) is 12.0. The summed E-state index contributed by atoms with van der Waals surface area (Å²) < 4.78 is 13.7. The fourth-order valence-corrected chi connectivity index (χ4v) is 4.73. The minimum atomic E-state index is -0.0587. The van der Waals surface area contributed by atoms with E-state index in [1.165, 1.54) is 63.4 Å². The lowest BCUT2D eigenvalue weighted by Crippen LogP contribution is -2.39. The van der Waals surface area contributed by atoms with E-state index in [1.54, 1.807) is 6.07 Å². The van der Waals surface area contributed by atoms with E-state index in [0.717, 1.165) is 11.8 Å². The van der Waals surface area contributed by atoms with Gasteiger partial charge in [0, 0.05) is 0 Å². The van der Waals surface area contributed by atoms with Gasteiger partial charge in [0.1, 0.15) is 5.82 Å². The van der Waals surface area contributed by atoms with Gasteiger partial charge < -0.3 is 0 Å². The molecule has 3 rings (SSSR count). The monoisotopic (exact) mass is 274 g/mol. The van der Waals surface area contributed by atoms with Crippen molar-refractivity contribution in [1.29, 1.82) is 0 Å². The van der Waals surface area contributed by atoms with Crippen molar-refractivity contribution in [1.82, 2.24) is 0 Å². The second-order valence-corrected chi connectivity index (χ2v) is 7.18. The predicted octanol–water partition coefficient (Wildman–Crippen LogP) is 5.85. The van der Waals surface area contributed by atoms with Crippen molar-refractivity contribution in [3.8, 4) is 0 Å². The van der Waals surface area contributed by atoms with Crippen molar-refractivity contribution < 1.29 is 4.39 Å². The number of benzene rings is 1. The van der Waals surface area contributed by atoms with Crippen LogP contribution in [0.4, 0.5) is 4.39 Å². The van der Waals surface area contributed by atoms with Gasteiger partial charge in [-0.15, -0.1) is 0 Å². The Morgan fingerprint density at radius 2 is 1.70 bits per heavy atom. The van der Waals surface area contributed by atoms with Gasteiger partial charge in [-0.1, -0.05) is 51.2 Å². The number of hydrogen-bond donors (Lipinski definition) is 0. The van der Waals surface area contributed by atoms with Gasteiger partial charge in [-0.2, -0.15) is 0 Å². The summed E-state index contributed by atoms with van der Waals surface area (Å²) in [5.74, 6) is 1.61. The Bertz CT molecular complexity index is 437.